The Morgan fingerprint density at radius 1 is 1.33 bits per heavy atom. The summed E-state index contributed by atoms with van der Waals surface area (Å²) in [5.74, 6) is -1.55. The lowest BCUT2D eigenvalue weighted by Crippen LogP contribution is -2.48. The Morgan fingerprint density at radius 3 is 2.46 bits per heavy atom. The zero-order chi connectivity index (χ0) is 18.0. The molecule has 2 atom stereocenters. The van der Waals surface area contributed by atoms with Crippen LogP contribution < -0.4 is 5.32 Å². The van der Waals surface area contributed by atoms with Crippen LogP contribution in [0.15, 0.2) is 42.7 Å². The number of aromatic nitrogens is 2. The van der Waals surface area contributed by atoms with Gasteiger partial charge in [0.05, 0.1) is 12.5 Å². The molecular weight excluding hydrogens is 323 g/mol. The highest BCUT2D eigenvalue weighted by Gasteiger charge is 2.58. The number of alkyl halides is 3. The molecule has 0 saturated carbocycles. The number of aryl methyl sites for hydroxylation is 1. The number of hydrogen-bond acceptors (Lipinski definition) is 3. The molecule has 0 unspecified atom stereocenters. The van der Waals surface area contributed by atoms with Gasteiger partial charge >= 0.3 is 6.18 Å². The van der Waals surface area contributed by atoms with Crippen LogP contribution in [0, 0.1) is 0 Å². The Morgan fingerprint density at radius 2 is 1.96 bits per heavy atom. The predicted molar refractivity (Wildman–Crippen MR) is 80.8 cm³/mol. The van der Waals surface area contributed by atoms with Gasteiger partial charge in [-0.15, -0.1) is 0 Å². The molecule has 0 fully saturated rings. The first-order valence-electron chi connectivity index (χ1n) is 7.26. The second-order valence-corrected chi connectivity index (χ2v) is 5.60. The third-order valence-electron chi connectivity index (χ3n) is 3.75. The van der Waals surface area contributed by atoms with E-state index in [0.29, 0.717) is 0 Å². The van der Waals surface area contributed by atoms with Crippen LogP contribution in [-0.2, 0) is 17.4 Å². The van der Waals surface area contributed by atoms with E-state index in [0.717, 1.165) is 16.3 Å². The molecule has 2 rings (SSSR count). The summed E-state index contributed by atoms with van der Waals surface area (Å²) in [6.07, 6.45) is -3.80. The molecule has 5 nitrogen and oxygen atoms in total. The SMILES string of the molecule is C[C@H](NC(=O)C[C@](O)(c1nccn1C)C(F)(F)F)c1ccccc1. The van der Waals surface area contributed by atoms with Gasteiger partial charge in [0.25, 0.3) is 0 Å². The van der Waals surface area contributed by atoms with Gasteiger partial charge in [0.2, 0.25) is 11.5 Å². The highest BCUT2D eigenvalue weighted by molar-refractivity contribution is 5.77. The maximum Gasteiger partial charge on any atom is 0.425 e. The molecular formula is C16H18F3N3O2. The Kier molecular flexibility index (Phi) is 4.98. The van der Waals surface area contributed by atoms with Crippen LogP contribution in [0.5, 0.6) is 0 Å². The van der Waals surface area contributed by atoms with E-state index in [1.807, 2.05) is 0 Å². The van der Waals surface area contributed by atoms with Crippen LogP contribution in [0.3, 0.4) is 0 Å². The van der Waals surface area contributed by atoms with Crippen LogP contribution >= 0.6 is 0 Å². The molecule has 0 radical (unpaired) electrons. The van der Waals surface area contributed by atoms with Crippen LogP contribution in [0.1, 0.15) is 30.8 Å². The van der Waals surface area contributed by atoms with Crippen molar-refractivity contribution in [3.63, 3.8) is 0 Å². The van der Waals surface area contributed by atoms with E-state index in [1.165, 1.54) is 13.2 Å². The molecule has 0 aliphatic carbocycles. The molecule has 8 heteroatoms. The first-order valence-corrected chi connectivity index (χ1v) is 7.26. The molecule has 1 aromatic carbocycles. The van der Waals surface area contributed by atoms with Crippen molar-refractivity contribution in [2.75, 3.05) is 0 Å². The van der Waals surface area contributed by atoms with E-state index in [-0.39, 0.29) is 0 Å². The van der Waals surface area contributed by atoms with E-state index in [1.54, 1.807) is 37.3 Å². The number of imidazole rings is 1. The quantitative estimate of drug-likeness (QED) is 0.878. The van der Waals surface area contributed by atoms with E-state index in [9.17, 15) is 23.1 Å². The Labute approximate surface area is 137 Å². The molecule has 0 spiro atoms. The molecule has 24 heavy (non-hydrogen) atoms. The minimum atomic E-state index is -5.04. The van der Waals surface area contributed by atoms with Crippen molar-refractivity contribution >= 4 is 5.91 Å². The number of nitrogens with zero attached hydrogens (tertiary/aromatic N) is 2. The Hall–Kier alpha value is -2.35. The zero-order valence-electron chi connectivity index (χ0n) is 13.2. The summed E-state index contributed by atoms with van der Waals surface area (Å²) in [5, 5.41) is 12.6. The number of halogens is 3. The van der Waals surface area contributed by atoms with Gasteiger partial charge in [0.15, 0.2) is 5.82 Å². The van der Waals surface area contributed by atoms with Crippen LogP contribution in [0.25, 0.3) is 0 Å². The molecule has 0 aliphatic heterocycles. The highest BCUT2D eigenvalue weighted by atomic mass is 19.4. The van der Waals surface area contributed by atoms with Gasteiger partial charge in [-0.05, 0) is 12.5 Å². The number of nitrogens with one attached hydrogen (secondary N) is 1. The summed E-state index contributed by atoms with van der Waals surface area (Å²) in [5.41, 5.74) is -2.61. The number of hydrogen-bond donors (Lipinski definition) is 2. The smallest absolute Gasteiger partial charge is 0.374 e. The average Bonchev–Trinajstić information content (AvgIpc) is 2.93. The molecule has 2 N–H and O–H groups in total. The third kappa shape index (κ3) is 3.59. The molecule has 1 aromatic heterocycles. The lowest BCUT2D eigenvalue weighted by atomic mass is 9.96. The van der Waals surface area contributed by atoms with Crippen molar-refractivity contribution in [2.45, 2.75) is 31.2 Å². The molecule has 0 aliphatic rings. The standard InChI is InChI=1S/C16H18F3N3O2/c1-11(12-6-4-3-5-7-12)21-13(23)10-15(24,16(17,18)19)14-20-8-9-22(14)2/h3-9,11,24H,10H2,1-2H3,(H,21,23)/t11-,15-/m0/s1. The fraction of sp³-hybridized carbons (Fsp3) is 0.375. The zero-order valence-corrected chi connectivity index (χ0v) is 13.2. The molecule has 1 amide bonds. The monoisotopic (exact) mass is 341 g/mol. The Bertz CT molecular complexity index is 700. The van der Waals surface area contributed by atoms with Gasteiger partial charge in [0.1, 0.15) is 0 Å². The minimum Gasteiger partial charge on any atom is -0.374 e. The molecule has 2 aromatic rings. The van der Waals surface area contributed by atoms with Gasteiger partial charge in [-0.2, -0.15) is 13.2 Å². The second-order valence-electron chi connectivity index (χ2n) is 5.60. The largest absolute Gasteiger partial charge is 0.425 e. The maximum absolute atomic E-state index is 13.4. The summed E-state index contributed by atoms with van der Waals surface area (Å²) in [7, 11) is 1.32. The van der Waals surface area contributed by atoms with Crippen LogP contribution in [0.2, 0.25) is 0 Å². The normalized spacial score (nSPS) is 15.6. The second kappa shape index (κ2) is 6.64. The molecule has 0 bridgehead atoms. The maximum atomic E-state index is 13.4. The van der Waals surface area contributed by atoms with Crippen molar-refractivity contribution in [1.82, 2.24) is 14.9 Å². The molecule has 130 valence electrons. The van der Waals surface area contributed by atoms with Crippen molar-refractivity contribution < 1.29 is 23.1 Å². The van der Waals surface area contributed by atoms with E-state index < -0.39 is 36.0 Å². The number of aliphatic hydroxyl groups is 1. The van der Waals surface area contributed by atoms with Crippen molar-refractivity contribution in [2.24, 2.45) is 7.05 Å². The highest BCUT2D eigenvalue weighted by Crippen LogP contribution is 2.40. The lowest BCUT2D eigenvalue weighted by molar-refractivity contribution is -0.271. The van der Waals surface area contributed by atoms with Gasteiger partial charge < -0.3 is 15.0 Å². The summed E-state index contributed by atoms with van der Waals surface area (Å²) in [6, 6.07) is 8.33. The Balaban J connectivity index is 2.19. The number of amides is 1. The molecule has 1 heterocycles. The number of carbonyl (C=O) groups excluding carboxylic acids is 1. The first kappa shape index (κ1) is 18.0. The fourth-order valence-electron chi connectivity index (χ4n) is 2.42. The first-order chi connectivity index (χ1) is 11.1. The van der Waals surface area contributed by atoms with Gasteiger partial charge in [0, 0.05) is 19.4 Å². The van der Waals surface area contributed by atoms with Gasteiger partial charge in [-0.3, -0.25) is 4.79 Å². The van der Waals surface area contributed by atoms with Crippen LogP contribution in [-0.4, -0.2) is 26.7 Å². The number of rotatable bonds is 5. The van der Waals surface area contributed by atoms with E-state index >= 15 is 0 Å². The topological polar surface area (TPSA) is 67.2 Å². The van der Waals surface area contributed by atoms with Crippen molar-refractivity contribution in [3.8, 4) is 0 Å². The summed E-state index contributed by atoms with van der Waals surface area (Å²) >= 11 is 0. The van der Waals surface area contributed by atoms with Crippen molar-refractivity contribution in [1.29, 1.82) is 0 Å². The number of benzene rings is 1. The average molecular weight is 341 g/mol. The number of carbonyl (C=O) groups is 1. The van der Waals surface area contributed by atoms with E-state index in [4.69, 9.17) is 0 Å². The summed E-state index contributed by atoms with van der Waals surface area (Å²) in [6.45, 7) is 1.65. The molecule has 0 saturated heterocycles. The lowest BCUT2D eigenvalue weighted by Gasteiger charge is -2.29. The van der Waals surface area contributed by atoms with Crippen molar-refractivity contribution in [3.05, 3.63) is 54.1 Å². The van der Waals surface area contributed by atoms with Gasteiger partial charge in [-0.25, -0.2) is 4.98 Å². The van der Waals surface area contributed by atoms with E-state index in [2.05, 4.69) is 10.3 Å². The summed E-state index contributed by atoms with van der Waals surface area (Å²) < 4.78 is 41.2. The minimum absolute atomic E-state index is 0.488. The predicted octanol–water partition coefficient (Wildman–Crippen LogP) is 2.44. The summed E-state index contributed by atoms with van der Waals surface area (Å²) in [4.78, 5) is 15.6. The van der Waals surface area contributed by atoms with Gasteiger partial charge in [-0.1, -0.05) is 30.3 Å². The third-order valence-corrected chi connectivity index (χ3v) is 3.75. The van der Waals surface area contributed by atoms with Crippen LogP contribution in [0.4, 0.5) is 13.2 Å². The fourth-order valence-corrected chi connectivity index (χ4v) is 2.42.